The summed E-state index contributed by atoms with van der Waals surface area (Å²) in [5, 5.41) is 4.08. The number of aromatic nitrogens is 2. The smallest absolute Gasteiger partial charge is 0.248 e. The average molecular weight is 246 g/mol. The highest BCUT2D eigenvalue weighted by molar-refractivity contribution is 5.94. The van der Waals surface area contributed by atoms with Gasteiger partial charge in [0.25, 0.3) is 0 Å². The van der Waals surface area contributed by atoms with Gasteiger partial charge in [0.05, 0.1) is 18.1 Å². The second-order valence-electron chi connectivity index (χ2n) is 3.75. The summed E-state index contributed by atoms with van der Waals surface area (Å²) in [5.41, 5.74) is 11.7. The van der Waals surface area contributed by atoms with E-state index in [0.29, 0.717) is 22.7 Å². The summed E-state index contributed by atoms with van der Waals surface area (Å²) in [5.74, 6) is 0.540. The highest BCUT2D eigenvalue weighted by Gasteiger charge is 2.07. The topological polar surface area (TPSA) is 96.2 Å². The van der Waals surface area contributed by atoms with Crippen molar-refractivity contribution in [2.24, 2.45) is 5.73 Å². The third kappa shape index (κ3) is 2.42. The van der Waals surface area contributed by atoms with E-state index in [1.807, 2.05) is 6.92 Å². The van der Waals surface area contributed by atoms with Crippen LogP contribution in [0, 0.1) is 0 Å². The van der Waals surface area contributed by atoms with Gasteiger partial charge in [0, 0.05) is 12.1 Å². The number of nitrogens with zero attached hydrogens (tertiary/aromatic N) is 2. The molecule has 4 N–H and O–H groups in total. The molecule has 0 fully saturated rings. The lowest BCUT2D eigenvalue weighted by Crippen LogP contribution is -2.11. The first kappa shape index (κ1) is 12.0. The molecule has 6 heteroatoms. The molecule has 18 heavy (non-hydrogen) atoms. The molecule has 94 valence electrons. The van der Waals surface area contributed by atoms with E-state index < -0.39 is 5.91 Å². The van der Waals surface area contributed by atoms with E-state index in [4.69, 9.17) is 16.2 Å². The second kappa shape index (κ2) is 4.79. The number of nitrogen functional groups attached to an aromatic ring is 1. The summed E-state index contributed by atoms with van der Waals surface area (Å²) in [6.07, 6.45) is 3.37. The predicted molar refractivity (Wildman–Crippen MR) is 67.3 cm³/mol. The number of ether oxygens (including phenoxy) is 1. The van der Waals surface area contributed by atoms with Crippen molar-refractivity contribution in [2.75, 3.05) is 5.73 Å². The summed E-state index contributed by atoms with van der Waals surface area (Å²) in [4.78, 5) is 11.0. The molecule has 0 unspecified atom stereocenters. The maximum absolute atomic E-state index is 11.0. The first-order valence-corrected chi connectivity index (χ1v) is 5.49. The molecule has 0 aliphatic heterocycles. The van der Waals surface area contributed by atoms with Crippen molar-refractivity contribution in [2.45, 2.75) is 13.5 Å². The number of carbonyl (C=O) groups is 1. The summed E-state index contributed by atoms with van der Waals surface area (Å²) >= 11 is 0. The summed E-state index contributed by atoms with van der Waals surface area (Å²) in [6, 6.07) is 4.67. The van der Waals surface area contributed by atoms with E-state index in [0.717, 1.165) is 6.54 Å². The number of primary amides is 1. The molecule has 0 radical (unpaired) electrons. The highest BCUT2D eigenvalue weighted by Crippen LogP contribution is 2.27. The van der Waals surface area contributed by atoms with Crippen LogP contribution in [0.5, 0.6) is 11.5 Å². The second-order valence-corrected chi connectivity index (χ2v) is 3.75. The number of amides is 1. The molecule has 0 aliphatic rings. The van der Waals surface area contributed by atoms with Crippen LogP contribution in [0.1, 0.15) is 17.3 Å². The standard InChI is InChI=1S/C12H14N4O2/c1-2-16-7-9(6-15-16)18-11-4-3-8(12(14)17)5-10(11)13/h3-7H,2,13H2,1H3,(H2,14,17). The first-order valence-electron chi connectivity index (χ1n) is 5.49. The van der Waals surface area contributed by atoms with Gasteiger partial charge in [-0.2, -0.15) is 5.10 Å². The molecule has 6 nitrogen and oxygen atoms in total. The number of anilines is 1. The zero-order valence-electron chi connectivity index (χ0n) is 9.96. The van der Waals surface area contributed by atoms with E-state index in [9.17, 15) is 4.79 Å². The van der Waals surface area contributed by atoms with Gasteiger partial charge in [-0.1, -0.05) is 0 Å². The van der Waals surface area contributed by atoms with E-state index in [-0.39, 0.29) is 0 Å². The van der Waals surface area contributed by atoms with Crippen LogP contribution >= 0.6 is 0 Å². The molecular weight excluding hydrogens is 232 g/mol. The number of rotatable bonds is 4. The fourth-order valence-corrected chi connectivity index (χ4v) is 1.49. The van der Waals surface area contributed by atoms with Crippen molar-refractivity contribution in [3.05, 3.63) is 36.2 Å². The number of hydrogen-bond acceptors (Lipinski definition) is 4. The molecule has 1 aromatic heterocycles. The molecule has 2 rings (SSSR count). The Morgan fingerprint density at radius 2 is 2.28 bits per heavy atom. The van der Waals surface area contributed by atoms with Crippen LogP contribution in [0.2, 0.25) is 0 Å². The van der Waals surface area contributed by atoms with Crippen LogP contribution in [-0.2, 0) is 6.54 Å². The Hall–Kier alpha value is -2.50. The van der Waals surface area contributed by atoms with E-state index in [1.54, 1.807) is 29.2 Å². The molecule has 2 aromatic rings. The minimum Gasteiger partial charge on any atom is -0.452 e. The normalized spacial score (nSPS) is 10.3. The monoisotopic (exact) mass is 246 g/mol. The number of hydrogen-bond donors (Lipinski definition) is 2. The molecular formula is C12H14N4O2. The first-order chi connectivity index (χ1) is 8.60. The number of aryl methyl sites for hydroxylation is 1. The molecule has 1 amide bonds. The molecule has 1 aromatic carbocycles. The molecule has 0 bridgehead atoms. The van der Waals surface area contributed by atoms with Gasteiger partial charge in [-0.15, -0.1) is 0 Å². The number of nitrogens with two attached hydrogens (primary N) is 2. The lowest BCUT2D eigenvalue weighted by Gasteiger charge is -2.07. The third-order valence-corrected chi connectivity index (χ3v) is 2.46. The highest BCUT2D eigenvalue weighted by atomic mass is 16.5. The van der Waals surface area contributed by atoms with Crippen molar-refractivity contribution >= 4 is 11.6 Å². The quantitative estimate of drug-likeness (QED) is 0.796. The molecule has 0 saturated carbocycles. The van der Waals surface area contributed by atoms with Crippen LogP contribution < -0.4 is 16.2 Å². The van der Waals surface area contributed by atoms with Crippen LogP contribution in [0.4, 0.5) is 5.69 Å². The van der Waals surface area contributed by atoms with Gasteiger partial charge in [-0.3, -0.25) is 9.48 Å². The summed E-state index contributed by atoms with van der Waals surface area (Å²) < 4.78 is 7.31. The Balaban J connectivity index is 2.21. The van der Waals surface area contributed by atoms with Crippen LogP contribution in [0.15, 0.2) is 30.6 Å². The van der Waals surface area contributed by atoms with E-state index >= 15 is 0 Å². The summed E-state index contributed by atoms with van der Waals surface area (Å²) in [6.45, 7) is 2.74. The fraction of sp³-hybridized carbons (Fsp3) is 0.167. The summed E-state index contributed by atoms with van der Waals surface area (Å²) in [7, 11) is 0. The van der Waals surface area contributed by atoms with Crippen molar-refractivity contribution in [3.8, 4) is 11.5 Å². The Bertz CT molecular complexity index is 577. The Morgan fingerprint density at radius 1 is 1.50 bits per heavy atom. The van der Waals surface area contributed by atoms with Gasteiger partial charge < -0.3 is 16.2 Å². The van der Waals surface area contributed by atoms with Crippen LogP contribution in [0.3, 0.4) is 0 Å². The van der Waals surface area contributed by atoms with Gasteiger partial charge in [-0.25, -0.2) is 0 Å². The van der Waals surface area contributed by atoms with Gasteiger partial charge in [-0.05, 0) is 25.1 Å². The van der Waals surface area contributed by atoms with Crippen LogP contribution in [0.25, 0.3) is 0 Å². The average Bonchev–Trinajstić information content (AvgIpc) is 2.79. The van der Waals surface area contributed by atoms with Crippen molar-refractivity contribution in [1.29, 1.82) is 0 Å². The van der Waals surface area contributed by atoms with Crippen molar-refractivity contribution in [3.63, 3.8) is 0 Å². The zero-order valence-corrected chi connectivity index (χ0v) is 9.96. The van der Waals surface area contributed by atoms with Crippen molar-refractivity contribution < 1.29 is 9.53 Å². The van der Waals surface area contributed by atoms with Gasteiger partial charge >= 0.3 is 0 Å². The maximum Gasteiger partial charge on any atom is 0.248 e. The number of carbonyl (C=O) groups excluding carboxylic acids is 1. The van der Waals surface area contributed by atoms with Gasteiger partial charge in [0.2, 0.25) is 5.91 Å². The number of benzene rings is 1. The Kier molecular flexibility index (Phi) is 3.18. The van der Waals surface area contributed by atoms with Gasteiger partial charge in [0.15, 0.2) is 11.5 Å². The SMILES string of the molecule is CCn1cc(Oc2ccc(C(N)=O)cc2N)cn1. The van der Waals surface area contributed by atoms with E-state index in [2.05, 4.69) is 5.10 Å². The Labute approximate surface area is 104 Å². The Morgan fingerprint density at radius 3 is 2.83 bits per heavy atom. The maximum atomic E-state index is 11.0. The minimum absolute atomic E-state index is 0.351. The zero-order chi connectivity index (χ0) is 13.1. The van der Waals surface area contributed by atoms with E-state index in [1.165, 1.54) is 6.07 Å². The predicted octanol–water partition coefficient (Wildman–Crippen LogP) is 1.38. The van der Waals surface area contributed by atoms with Crippen LogP contribution in [-0.4, -0.2) is 15.7 Å². The molecule has 1 heterocycles. The third-order valence-electron chi connectivity index (χ3n) is 2.46. The largest absolute Gasteiger partial charge is 0.452 e. The lowest BCUT2D eigenvalue weighted by atomic mass is 10.2. The molecule has 0 aliphatic carbocycles. The molecule has 0 spiro atoms. The van der Waals surface area contributed by atoms with Crippen molar-refractivity contribution in [1.82, 2.24) is 9.78 Å². The van der Waals surface area contributed by atoms with Gasteiger partial charge in [0.1, 0.15) is 0 Å². The fourth-order valence-electron chi connectivity index (χ4n) is 1.49. The molecule has 0 atom stereocenters. The molecule has 0 saturated heterocycles. The minimum atomic E-state index is -0.521. The lowest BCUT2D eigenvalue weighted by molar-refractivity contribution is 0.100.